The molecule has 0 spiro atoms. The summed E-state index contributed by atoms with van der Waals surface area (Å²) in [5.74, 6) is 0. The van der Waals surface area contributed by atoms with Gasteiger partial charge in [0.25, 0.3) is 0 Å². The number of carbonyl (C=O) groups is 1. The SMILES string of the molecule is CCCCC/C=C/[C@@](CC)(CCC=O)CCCC. The second-order valence-electron chi connectivity index (χ2n) is 5.42. The molecule has 0 bridgehead atoms. The van der Waals surface area contributed by atoms with Gasteiger partial charge in [0.05, 0.1) is 0 Å². The normalized spacial score (nSPS) is 14.8. The Kier molecular flexibility index (Phi) is 11.1. The Labute approximate surface area is 114 Å². The fourth-order valence-electron chi connectivity index (χ4n) is 2.48. The maximum atomic E-state index is 10.6. The average molecular weight is 252 g/mol. The molecular formula is C17H32O. The topological polar surface area (TPSA) is 17.1 Å². The fraction of sp³-hybridized carbons (Fsp3) is 0.824. The highest BCUT2D eigenvalue weighted by atomic mass is 16.1. The van der Waals surface area contributed by atoms with Gasteiger partial charge >= 0.3 is 0 Å². The zero-order valence-electron chi connectivity index (χ0n) is 12.7. The number of hydrogen-bond acceptors (Lipinski definition) is 1. The van der Waals surface area contributed by atoms with Crippen molar-refractivity contribution in [3.05, 3.63) is 12.2 Å². The van der Waals surface area contributed by atoms with E-state index >= 15 is 0 Å². The Morgan fingerprint density at radius 2 is 1.61 bits per heavy atom. The van der Waals surface area contributed by atoms with Gasteiger partial charge in [0, 0.05) is 6.42 Å². The fourth-order valence-corrected chi connectivity index (χ4v) is 2.48. The first-order valence-corrected chi connectivity index (χ1v) is 7.86. The van der Waals surface area contributed by atoms with E-state index in [1.807, 2.05) is 0 Å². The summed E-state index contributed by atoms with van der Waals surface area (Å²) >= 11 is 0. The zero-order chi connectivity index (χ0) is 13.7. The largest absolute Gasteiger partial charge is 0.303 e. The van der Waals surface area contributed by atoms with Crippen molar-refractivity contribution in [2.75, 3.05) is 0 Å². The Morgan fingerprint density at radius 3 is 2.17 bits per heavy atom. The summed E-state index contributed by atoms with van der Waals surface area (Å²) in [5, 5.41) is 0. The van der Waals surface area contributed by atoms with E-state index in [2.05, 4.69) is 32.9 Å². The van der Waals surface area contributed by atoms with Crippen molar-refractivity contribution in [1.82, 2.24) is 0 Å². The molecule has 0 amide bonds. The van der Waals surface area contributed by atoms with Gasteiger partial charge in [0.1, 0.15) is 6.29 Å². The average Bonchev–Trinajstić information content (AvgIpc) is 2.41. The van der Waals surface area contributed by atoms with Crippen LogP contribution in [0.25, 0.3) is 0 Å². The van der Waals surface area contributed by atoms with Crippen molar-refractivity contribution in [1.29, 1.82) is 0 Å². The summed E-state index contributed by atoms with van der Waals surface area (Å²) in [5.41, 5.74) is 0.281. The van der Waals surface area contributed by atoms with Gasteiger partial charge in [0.15, 0.2) is 0 Å². The number of allylic oxidation sites excluding steroid dienone is 2. The number of aldehydes is 1. The standard InChI is InChI=1S/C17H32O/c1-4-7-9-10-11-14-17(6-3,13-8-5-2)15-12-16-18/h11,14,16H,4-10,12-13,15H2,1-3H3/b14-11+/t17-/m0/s1. The Hall–Kier alpha value is -0.590. The molecule has 106 valence electrons. The van der Waals surface area contributed by atoms with Crippen LogP contribution in [0, 0.1) is 5.41 Å². The van der Waals surface area contributed by atoms with Crippen LogP contribution in [0.3, 0.4) is 0 Å². The molecule has 0 heterocycles. The molecule has 0 N–H and O–H groups in total. The first kappa shape index (κ1) is 17.4. The van der Waals surface area contributed by atoms with E-state index < -0.39 is 0 Å². The van der Waals surface area contributed by atoms with Gasteiger partial charge in [-0.15, -0.1) is 0 Å². The lowest BCUT2D eigenvalue weighted by molar-refractivity contribution is -0.108. The first-order valence-electron chi connectivity index (χ1n) is 7.86. The van der Waals surface area contributed by atoms with Crippen LogP contribution in [0.5, 0.6) is 0 Å². The molecule has 1 nitrogen and oxygen atoms in total. The molecule has 0 saturated carbocycles. The van der Waals surface area contributed by atoms with Crippen molar-refractivity contribution in [3.63, 3.8) is 0 Å². The molecule has 1 atom stereocenters. The van der Waals surface area contributed by atoms with Gasteiger partial charge in [-0.25, -0.2) is 0 Å². The lowest BCUT2D eigenvalue weighted by atomic mass is 9.76. The van der Waals surface area contributed by atoms with Crippen LogP contribution >= 0.6 is 0 Å². The molecule has 0 aliphatic rings. The predicted octanol–water partition coefficient (Wildman–Crippen LogP) is 5.69. The van der Waals surface area contributed by atoms with Crippen LogP contribution in [0.1, 0.15) is 85.0 Å². The number of hydrogen-bond donors (Lipinski definition) is 0. The third-order valence-electron chi connectivity index (χ3n) is 3.94. The molecule has 0 rings (SSSR count). The van der Waals surface area contributed by atoms with Crippen LogP contribution in [-0.2, 0) is 4.79 Å². The van der Waals surface area contributed by atoms with Crippen LogP contribution in [0.2, 0.25) is 0 Å². The van der Waals surface area contributed by atoms with Crippen molar-refractivity contribution < 1.29 is 4.79 Å². The Morgan fingerprint density at radius 1 is 0.889 bits per heavy atom. The van der Waals surface area contributed by atoms with E-state index in [9.17, 15) is 4.79 Å². The summed E-state index contributed by atoms with van der Waals surface area (Å²) in [6, 6.07) is 0. The first-order chi connectivity index (χ1) is 8.74. The van der Waals surface area contributed by atoms with E-state index in [0.29, 0.717) is 6.42 Å². The summed E-state index contributed by atoms with van der Waals surface area (Å²) in [6.45, 7) is 6.74. The maximum Gasteiger partial charge on any atom is 0.120 e. The number of carbonyl (C=O) groups excluding carboxylic acids is 1. The number of rotatable bonds is 12. The molecular weight excluding hydrogens is 220 g/mol. The van der Waals surface area contributed by atoms with Crippen LogP contribution in [0.4, 0.5) is 0 Å². The van der Waals surface area contributed by atoms with E-state index in [1.54, 1.807) is 0 Å². The minimum absolute atomic E-state index is 0.281. The quantitative estimate of drug-likeness (QED) is 0.248. The van der Waals surface area contributed by atoms with Crippen LogP contribution in [-0.4, -0.2) is 6.29 Å². The van der Waals surface area contributed by atoms with Gasteiger partial charge in [-0.2, -0.15) is 0 Å². The van der Waals surface area contributed by atoms with Crippen LogP contribution in [0.15, 0.2) is 12.2 Å². The molecule has 0 fully saturated rings. The van der Waals surface area contributed by atoms with E-state index in [4.69, 9.17) is 0 Å². The Bertz CT molecular complexity index is 220. The molecule has 0 aliphatic heterocycles. The van der Waals surface area contributed by atoms with E-state index in [1.165, 1.54) is 44.9 Å². The summed E-state index contributed by atoms with van der Waals surface area (Å²) in [4.78, 5) is 10.6. The van der Waals surface area contributed by atoms with Crippen molar-refractivity contribution in [3.8, 4) is 0 Å². The summed E-state index contributed by atoms with van der Waals surface area (Å²) in [7, 11) is 0. The minimum atomic E-state index is 0.281. The van der Waals surface area contributed by atoms with Crippen molar-refractivity contribution in [2.45, 2.75) is 85.0 Å². The monoisotopic (exact) mass is 252 g/mol. The lowest BCUT2D eigenvalue weighted by Gasteiger charge is -2.29. The molecule has 1 heteroatoms. The summed E-state index contributed by atoms with van der Waals surface area (Å²) < 4.78 is 0. The van der Waals surface area contributed by atoms with Gasteiger partial charge in [0.2, 0.25) is 0 Å². The zero-order valence-corrected chi connectivity index (χ0v) is 12.7. The maximum absolute atomic E-state index is 10.6. The van der Waals surface area contributed by atoms with Gasteiger partial charge in [-0.05, 0) is 37.5 Å². The Balaban J connectivity index is 4.35. The van der Waals surface area contributed by atoms with Crippen molar-refractivity contribution >= 4 is 6.29 Å². The van der Waals surface area contributed by atoms with Crippen LogP contribution < -0.4 is 0 Å². The molecule has 18 heavy (non-hydrogen) atoms. The summed E-state index contributed by atoms with van der Waals surface area (Å²) in [6.07, 6.45) is 17.6. The highest BCUT2D eigenvalue weighted by molar-refractivity contribution is 5.49. The van der Waals surface area contributed by atoms with Gasteiger partial charge in [-0.3, -0.25) is 0 Å². The highest BCUT2D eigenvalue weighted by Gasteiger charge is 2.23. The highest BCUT2D eigenvalue weighted by Crippen LogP contribution is 2.35. The molecule has 0 saturated heterocycles. The molecule has 0 aromatic rings. The minimum Gasteiger partial charge on any atom is -0.303 e. The molecule has 0 aromatic carbocycles. The van der Waals surface area contributed by atoms with E-state index in [-0.39, 0.29) is 5.41 Å². The third-order valence-corrected chi connectivity index (χ3v) is 3.94. The molecule has 0 aliphatic carbocycles. The second kappa shape index (κ2) is 11.5. The smallest absolute Gasteiger partial charge is 0.120 e. The molecule has 0 radical (unpaired) electrons. The van der Waals surface area contributed by atoms with Crippen molar-refractivity contribution in [2.24, 2.45) is 5.41 Å². The molecule has 0 unspecified atom stereocenters. The lowest BCUT2D eigenvalue weighted by Crippen LogP contribution is -2.17. The van der Waals surface area contributed by atoms with Gasteiger partial charge in [-0.1, -0.05) is 58.6 Å². The predicted molar refractivity (Wildman–Crippen MR) is 80.8 cm³/mol. The molecule has 0 aromatic heterocycles. The van der Waals surface area contributed by atoms with E-state index in [0.717, 1.165) is 19.1 Å². The number of unbranched alkanes of at least 4 members (excludes halogenated alkanes) is 4. The van der Waals surface area contributed by atoms with Gasteiger partial charge < -0.3 is 4.79 Å². The third kappa shape index (κ3) is 7.68. The second-order valence-corrected chi connectivity index (χ2v) is 5.42.